The van der Waals surface area contributed by atoms with E-state index in [1.165, 1.54) is 0 Å². The molecule has 0 radical (unpaired) electrons. The Kier molecular flexibility index (Phi) is 4.64. The van der Waals surface area contributed by atoms with Crippen molar-refractivity contribution in [1.82, 2.24) is 5.32 Å². The zero-order chi connectivity index (χ0) is 12.1. The number of hydrogen-bond acceptors (Lipinski definition) is 3. The zero-order valence-corrected chi connectivity index (χ0v) is 10.6. The molecule has 5 heteroatoms. The molecule has 1 aromatic carbocycles. The third kappa shape index (κ3) is 3.75. The molecule has 1 aromatic rings. The lowest BCUT2D eigenvalue weighted by atomic mass is 10.1. The largest absolute Gasteiger partial charge is 0.308 e. The van der Waals surface area contributed by atoms with E-state index in [-0.39, 0.29) is 10.6 Å². The lowest BCUT2D eigenvalue weighted by molar-refractivity contribution is -0.385. The number of nitro benzene ring substituents is 1. The van der Waals surface area contributed by atoms with Crippen molar-refractivity contribution < 1.29 is 4.92 Å². The molecule has 86 valence electrons. The van der Waals surface area contributed by atoms with Crippen molar-refractivity contribution in [3.63, 3.8) is 0 Å². The van der Waals surface area contributed by atoms with E-state index in [1.807, 2.05) is 6.07 Å². The molecule has 0 aromatic heterocycles. The van der Waals surface area contributed by atoms with Gasteiger partial charge in [-0.1, -0.05) is 34.6 Å². The Morgan fingerprint density at radius 2 is 2.31 bits per heavy atom. The lowest BCUT2D eigenvalue weighted by Gasteiger charge is -2.04. The van der Waals surface area contributed by atoms with Gasteiger partial charge >= 0.3 is 0 Å². The number of nitrogens with one attached hydrogen (secondary N) is 1. The van der Waals surface area contributed by atoms with Gasteiger partial charge in [-0.3, -0.25) is 10.1 Å². The first-order chi connectivity index (χ1) is 7.50. The van der Waals surface area contributed by atoms with Crippen LogP contribution >= 0.6 is 15.9 Å². The Labute approximate surface area is 103 Å². The van der Waals surface area contributed by atoms with E-state index in [9.17, 15) is 10.1 Å². The number of halogens is 1. The minimum Gasteiger partial charge on any atom is -0.308 e. The molecule has 0 saturated carbocycles. The Morgan fingerprint density at radius 1 is 1.62 bits per heavy atom. The first-order valence-corrected chi connectivity index (χ1v) is 5.58. The molecular weight excluding hydrogens is 272 g/mol. The molecule has 0 aliphatic rings. The van der Waals surface area contributed by atoms with E-state index in [4.69, 9.17) is 0 Å². The first-order valence-electron chi connectivity index (χ1n) is 4.78. The Bertz CT molecular complexity index is 418. The molecule has 0 amide bonds. The topological polar surface area (TPSA) is 55.2 Å². The van der Waals surface area contributed by atoms with Crippen LogP contribution in [0.4, 0.5) is 5.69 Å². The smallest absolute Gasteiger partial charge is 0.272 e. The number of benzene rings is 1. The van der Waals surface area contributed by atoms with Crippen LogP contribution in [0.15, 0.2) is 29.3 Å². The summed E-state index contributed by atoms with van der Waals surface area (Å²) in [5.74, 6) is 0. The Morgan fingerprint density at radius 3 is 2.88 bits per heavy atom. The summed E-state index contributed by atoms with van der Waals surface area (Å²) in [6.07, 6.45) is 0. The summed E-state index contributed by atoms with van der Waals surface area (Å²) in [4.78, 5) is 10.4. The second-order valence-corrected chi connectivity index (χ2v) is 4.62. The maximum atomic E-state index is 10.7. The van der Waals surface area contributed by atoms with Crippen molar-refractivity contribution >= 4 is 21.6 Å². The van der Waals surface area contributed by atoms with Crippen LogP contribution in [-0.2, 0) is 6.54 Å². The van der Waals surface area contributed by atoms with Crippen LogP contribution in [0.3, 0.4) is 0 Å². The number of rotatable bonds is 5. The number of nitrogens with zero attached hydrogens (tertiary/aromatic N) is 1. The maximum Gasteiger partial charge on any atom is 0.272 e. The van der Waals surface area contributed by atoms with E-state index in [2.05, 4.69) is 27.8 Å². The first kappa shape index (κ1) is 12.9. The molecule has 0 aliphatic heterocycles. The van der Waals surface area contributed by atoms with E-state index >= 15 is 0 Å². The molecule has 0 saturated heterocycles. The molecule has 0 spiro atoms. The third-order valence-electron chi connectivity index (χ3n) is 2.12. The Hall–Kier alpha value is -1.20. The fourth-order valence-corrected chi connectivity index (χ4v) is 1.50. The second-order valence-electron chi connectivity index (χ2n) is 3.50. The van der Waals surface area contributed by atoms with Crippen LogP contribution in [0.2, 0.25) is 0 Å². The quantitative estimate of drug-likeness (QED) is 0.668. The molecular formula is C11H13BrN2O2. The van der Waals surface area contributed by atoms with Gasteiger partial charge in [0, 0.05) is 29.2 Å². The lowest BCUT2D eigenvalue weighted by Crippen LogP contribution is -2.14. The Balaban J connectivity index is 2.71. The van der Waals surface area contributed by atoms with Crippen molar-refractivity contribution in [1.29, 1.82) is 0 Å². The molecule has 4 nitrogen and oxygen atoms in total. The van der Waals surface area contributed by atoms with Crippen molar-refractivity contribution in [2.45, 2.75) is 13.5 Å². The molecule has 0 heterocycles. The summed E-state index contributed by atoms with van der Waals surface area (Å²) >= 11 is 3.23. The van der Waals surface area contributed by atoms with Crippen LogP contribution in [0.25, 0.3) is 0 Å². The molecule has 0 atom stereocenters. The van der Waals surface area contributed by atoms with E-state index < -0.39 is 0 Å². The normalized spacial score (nSPS) is 10.1. The number of hydrogen-bond donors (Lipinski definition) is 1. The van der Waals surface area contributed by atoms with Crippen molar-refractivity contribution in [2.75, 3.05) is 6.54 Å². The summed E-state index contributed by atoms with van der Waals surface area (Å²) in [7, 11) is 0. The predicted molar refractivity (Wildman–Crippen MR) is 67.6 cm³/mol. The minimum atomic E-state index is -0.359. The number of aryl methyl sites for hydroxylation is 1. The zero-order valence-electron chi connectivity index (χ0n) is 9.00. The van der Waals surface area contributed by atoms with Crippen LogP contribution in [0, 0.1) is 17.0 Å². The van der Waals surface area contributed by atoms with E-state index in [0.29, 0.717) is 18.7 Å². The predicted octanol–water partition coefficient (Wildman–Crippen LogP) is 2.90. The standard InChI is InChI=1S/C11H13BrN2O2/c1-8-3-4-10(5-11(8)14(15)16)7-13-6-9(2)12/h3-5,13H,2,6-7H2,1H3. The van der Waals surface area contributed by atoms with Gasteiger partial charge in [-0.2, -0.15) is 0 Å². The number of nitro groups is 1. The van der Waals surface area contributed by atoms with Crippen LogP contribution in [0.5, 0.6) is 0 Å². The molecule has 1 N–H and O–H groups in total. The average molecular weight is 285 g/mol. The van der Waals surface area contributed by atoms with Crippen LogP contribution in [0.1, 0.15) is 11.1 Å². The highest BCUT2D eigenvalue weighted by Crippen LogP contribution is 2.19. The average Bonchev–Trinajstić information content (AvgIpc) is 2.19. The molecule has 1 rings (SSSR count). The minimum absolute atomic E-state index is 0.164. The SMILES string of the molecule is C=C(Br)CNCc1ccc(C)c([N+](=O)[O-])c1. The molecule has 16 heavy (non-hydrogen) atoms. The van der Waals surface area contributed by atoms with Gasteiger partial charge in [-0.15, -0.1) is 0 Å². The molecule has 0 fully saturated rings. The van der Waals surface area contributed by atoms with Crippen LogP contribution in [-0.4, -0.2) is 11.5 Å². The van der Waals surface area contributed by atoms with Gasteiger partial charge < -0.3 is 5.32 Å². The van der Waals surface area contributed by atoms with Gasteiger partial charge in [0.05, 0.1) is 4.92 Å². The third-order valence-corrected chi connectivity index (χ3v) is 2.40. The summed E-state index contributed by atoms with van der Waals surface area (Å²) in [5, 5.41) is 13.8. The highest BCUT2D eigenvalue weighted by Gasteiger charge is 2.10. The highest BCUT2D eigenvalue weighted by molar-refractivity contribution is 9.11. The van der Waals surface area contributed by atoms with Crippen molar-refractivity contribution in [2.24, 2.45) is 0 Å². The summed E-state index contributed by atoms with van der Waals surface area (Å²) in [6.45, 7) is 6.65. The van der Waals surface area contributed by atoms with E-state index in [0.717, 1.165) is 10.0 Å². The fraction of sp³-hybridized carbons (Fsp3) is 0.273. The summed E-state index contributed by atoms with van der Waals surface area (Å²) in [6, 6.07) is 5.24. The summed E-state index contributed by atoms with van der Waals surface area (Å²) in [5.41, 5.74) is 1.74. The van der Waals surface area contributed by atoms with Crippen LogP contribution < -0.4 is 5.32 Å². The van der Waals surface area contributed by atoms with Gasteiger partial charge in [0.1, 0.15) is 0 Å². The molecule has 0 unspecified atom stereocenters. The van der Waals surface area contributed by atoms with Gasteiger partial charge in [-0.05, 0) is 12.5 Å². The summed E-state index contributed by atoms with van der Waals surface area (Å²) < 4.78 is 0.856. The molecule has 0 bridgehead atoms. The van der Waals surface area contributed by atoms with Gasteiger partial charge in [-0.25, -0.2) is 0 Å². The van der Waals surface area contributed by atoms with Gasteiger partial charge in [0.25, 0.3) is 5.69 Å². The monoisotopic (exact) mass is 284 g/mol. The van der Waals surface area contributed by atoms with Gasteiger partial charge in [0.15, 0.2) is 0 Å². The van der Waals surface area contributed by atoms with Crippen molar-refractivity contribution in [3.05, 3.63) is 50.5 Å². The van der Waals surface area contributed by atoms with Gasteiger partial charge in [0.2, 0.25) is 0 Å². The highest BCUT2D eigenvalue weighted by atomic mass is 79.9. The maximum absolute atomic E-state index is 10.7. The second kappa shape index (κ2) is 5.77. The molecule has 0 aliphatic carbocycles. The van der Waals surface area contributed by atoms with E-state index in [1.54, 1.807) is 19.1 Å². The fourth-order valence-electron chi connectivity index (χ4n) is 1.30. The van der Waals surface area contributed by atoms with Crippen molar-refractivity contribution in [3.8, 4) is 0 Å².